The average molecular weight is 1250 g/mol. The number of amides is 12. The highest BCUT2D eigenvalue weighted by Crippen LogP contribution is 2.71. The maximum Gasteiger partial charge on any atom is 0.262 e. The van der Waals surface area contributed by atoms with Crippen molar-refractivity contribution in [1.82, 2.24) is 29.4 Å². The molecule has 0 unspecified atom stereocenters. The predicted octanol–water partition coefficient (Wildman–Crippen LogP) is 6.02. The minimum Gasteiger partial charge on any atom is -0.269 e. The van der Waals surface area contributed by atoms with Crippen LogP contribution < -0.4 is 0 Å². The lowest BCUT2D eigenvalue weighted by atomic mass is 9.47. The van der Waals surface area contributed by atoms with E-state index in [0.717, 1.165) is 29.4 Å². The first-order valence-electron chi connectivity index (χ1n) is 30.5. The smallest absolute Gasteiger partial charge is 0.262 e. The molecule has 0 N–H and O–H groups in total. The van der Waals surface area contributed by atoms with Crippen LogP contribution in [-0.2, 0) is 0 Å². The number of terminal acetylenes is 6. The summed E-state index contributed by atoms with van der Waals surface area (Å²) in [6.07, 6.45) is 34.8. The van der Waals surface area contributed by atoms with E-state index in [1.807, 2.05) is 0 Å². The molecule has 22 rings (SSSR count). The largest absolute Gasteiger partial charge is 0.269 e. The average Bonchev–Trinajstić information content (AvgIpc) is 0.691. The van der Waals surface area contributed by atoms with Gasteiger partial charge in [-0.1, -0.05) is 35.5 Å². The molecule has 0 aromatic heterocycles. The SMILES string of the molecule is C#CCN1C(=O)c2cc3c(cc2C1=O)C1c2cc4c(cc2C3c2c3c(c5c(c21)C1c2cc6c(cc2C5c2cc5c(cc21)C(=O)N(CC#C)C5=O)C(=O)N(CC#C)C6=O)C1c2cc5c(cc2C3c2cc3c(cc21)C(=O)N(CC#C)C3=O)C(=O)N(CC#C)C5=O)C(=O)N(CC#C)C4=O. The van der Waals surface area contributed by atoms with Crippen LogP contribution in [0.3, 0.4) is 0 Å². The molecule has 0 spiro atoms. The minimum atomic E-state index is -1.02. The topological polar surface area (TPSA) is 224 Å². The third kappa shape index (κ3) is 5.99. The van der Waals surface area contributed by atoms with Gasteiger partial charge in [-0.05, 0) is 173 Å². The van der Waals surface area contributed by atoms with Crippen LogP contribution in [0.25, 0.3) is 0 Å². The van der Waals surface area contributed by atoms with E-state index in [1.165, 1.54) is 0 Å². The molecule has 7 aromatic rings. The van der Waals surface area contributed by atoms with Crippen molar-refractivity contribution in [2.24, 2.45) is 0 Å². The lowest BCUT2D eigenvalue weighted by Crippen LogP contribution is -2.41. The van der Waals surface area contributed by atoms with E-state index in [4.69, 9.17) is 38.5 Å². The highest BCUT2D eigenvalue weighted by Gasteiger charge is 2.60. The number of nitrogens with zero attached hydrogens (tertiary/aromatic N) is 6. The van der Waals surface area contributed by atoms with Gasteiger partial charge in [0.15, 0.2) is 0 Å². The van der Waals surface area contributed by atoms with Crippen molar-refractivity contribution >= 4 is 70.9 Å². The lowest BCUT2D eigenvalue weighted by molar-refractivity contribution is 0.0659. The van der Waals surface area contributed by atoms with E-state index in [2.05, 4.69) is 35.5 Å². The van der Waals surface area contributed by atoms with E-state index >= 15 is 0 Å². The molecule has 0 radical (unpaired) electrons. The number of carbonyl (C=O) groups is 12. The first-order valence-corrected chi connectivity index (χ1v) is 30.5. The van der Waals surface area contributed by atoms with Crippen molar-refractivity contribution < 1.29 is 57.5 Å². The Bertz CT molecular complexity index is 4580. The van der Waals surface area contributed by atoms with Crippen LogP contribution in [0.15, 0.2) is 72.8 Å². The summed E-state index contributed by atoms with van der Waals surface area (Å²) in [5.41, 5.74) is 10.8. The molecule has 450 valence electrons. The normalized spacial score (nSPS) is 21.4. The maximum atomic E-state index is 14.7. The third-order valence-corrected chi connectivity index (χ3v) is 21.7. The molecule has 18 heteroatoms. The first kappa shape index (κ1) is 54.5. The van der Waals surface area contributed by atoms with Gasteiger partial charge in [0.1, 0.15) is 0 Å². The quantitative estimate of drug-likeness (QED) is 0.138. The van der Waals surface area contributed by atoms with Crippen molar-refractivity contribution in [2.75, 3.05) is 39.3 Å². The minimum absolute atomic E-state index is 0.0487. The Labute approximate surface area is 543 Å². The Hall–Kier alpha value is -13.3. The predicted molar refractivity (Wildman–Crippen MR) is 336 cm³/mol. The van der Waals surface area contributed by atoms with Gasteiger partial charge >= 0.3 is 0 Å². The number of hydrogen-bond donors (Lipinski definition) is 0. The number of benzene rings is 7. The monoisotopic (exact) mass is 1250 g/mol. The highest BCUT2D eigenvalue weighted by atomic mass is 16.2. The summed E-state index contributed by atoms with van der Waals surface area (Å²) in [6, 6.07) is 20.1. The summed E-state index contributed by atoms with van der Waals surface area (Å²) in [4.78, 5) is 182. The second-order valence-electron chi connectivity index (χ2n) is 25.6. The fraction of sp³-hybridized carbons (Fsp3) is 0.154. The number of carbonyl (C=O) groups excluding carboxylic acids is 12. The fourth-order valence-corrected chi connectivity index (χ4v) is 18.2. The zero-order valence-corrected chi connectivity index (χ0v) is 49.7. The molecule has 18 nitrogen and oxygen atoms in total. The molecule has 6 heterocycles. The second-order valence-corrected chi connectivity index (χ2v) is 25.6. The van der Waals surface area contributed by atoms with E-state index in [9.17, 15) is 57.5 Å². The van der Waals surface area contributed by atoms with Crippen LogP contribution in [0.5, 0.6) is 0 Å². The summed E-state index contributed by atoms with van der Waals surface area (Å²) >= 11 is 0. The van der Waals surface area contributed by atoms with Gasteiger partial charge in [-0.15, -0.1) is 38.5 Å². The molecule has 0 saturated heterocycles. The summed E-state index contributed by atoms with van der Waals surface area (Å²) in [6.45, 7) is -2.12. The van der Waals surface area contributed by atoms with E-state index in [-0.39, 0.29) is 106 Å². The van der Waals surface area contributed by atoms with Crippen molar-refractivity contribution in [2.45, 2.75) is 35.5 Å². The third-order valence-electron chi connectivity index (χ3n) is 21.7. The van der Waals surface area contributed by atoms with Gasteiger partial charge in [0.2, 0.25) is 0 Å². The number of hydrogen-bond acceptors (Lipinski definition) is 12. The molecule has 0 fully saturated rings. The van der Waals surface area contributed by atoms with Crippen molar-refractivity contribution in [3.8, 4) is 74.1 Å². The Morgan fingerprint density at radius 2 is 0.292 bits per heavy atom. The van der Waals surface area contributed by atoms with E-state index in [1.54, 1.807) is 72.8 Å². The number of imide groups is 6. The molecular weight excluding hydrogens is 1210 g/mol. The standard InChI is InChI=1S/C78H36N6O12/c1-7-13-79-67(85)43-19-31-32(20-44(43)68(79)86)56-34-22-46-45(69(87)80(14-8-2)70(46)88)21-33(34)55(31)61-62(56)64-58-37-25-49-53(77(95)83(17-11-5)73(49)91)29-41(37)60(42-30-54-50(26-38(42)58)74(92)84(18-12-6)78(54)96)66(64)65-59-39-27-51-47(71(89)81(15-9-3)75(51)93)23-35(39)57(63(61)65)36-24-48-52(28-40(36)59)76(94)82(16-10-4)72(48)90/h1-6,19-30,55-60H,13-18H2. The molecule has 9 aliphatic carbocycles. The Morgan fingerprint density at radius 1 is 0.198 bits per heavy atom. The number of rotatable bonds is 6. The van der Waals surface area contributed by atoms with Gasteiger partial charge in [0, 0.05) is 35.5 Å². The molecule has 6 aliphatic heterocycles. The van der Waals surface area contributed by atoms with Gasteiger partial charge in [0.05, 0.1) is 106 Å². The maximum absolute atomic E-state index is 14.7. The Balaban J connectivity index is 0.997. The first-order chi connectivity index (χ1) is 46.4. The summed E-state index contributed by atoms with van der Waals surface area (Å²) in [5, 5.41) is 0. The Morgan fingerprint density at radius 3 is 0.375 bits per heavy atom. The molecule has 15 aliphatic rings. The zero-order valence-electron chi connectivity index (χ0n) is 49.7. The van der Waals surface area contributed by atoms with Gasteiger partial charge < -0.3 is 0 Å². The van der Waals surface area contributed by atoms with Gasteiger partial charge in [-0.2, -0.15) is 0 Å². The van der Waals surface area contributed by atoms with Crippen LogP contribution in [0.4, 0.5) is 0 Å². The van der Waals surface area contributed by atoms with Crippen molar-refractivity contribution in [3.63, 3.8) is 0 Å². The van der Waals surface area contributed by atoms with E-state index in [0.29, 0.717) is 100 Å². The van der Waals surface area contributed by atoms with E-state index < -0.39 is 106 Å². The highest BCUT2D eigenvalue weighted by molar-refractivity contribution is 6.26. The molecule has 7 aromatic carbocycles. The molecule has 6 bridgehead atoms. The molecule has 96 heavy (non-hydrogen) atoms. The summed E-state index contributed by atoms with van der Waals surface area (Å²) < 4.78 is 0. The molecule has 0 saturated carbocycles. The molecule has 0 atom stereocenters. The van der Waals surface area contributed by atoms with Crippen LogP contribution >= 0.6 is 0 Å². The van der Waals surface area contributed by atoms with Crippen LogP contribution in [-0.4, -0.2) is 140 Å². The zero-order chi connectivity index (χ0) is 66.1. The summed E-state index contributed by atoms with van der Waals surface area (Å²) in [5.74, 6) is 0.583. The van der Waals surface area contributed by atoms with Crippen LogP contribution in [0.2, 0.25) is 0 Å². The molecular formula is C78H36N6O12. The fourth-order valence-electron chi connectivity index (χ4n) is 18.2. The van der Waals surface area contributed by atoms with Gasteiger partial charge in [0.25, 0.3) is 70.9 Å². The Kier molecular flexibility index (Phi) is 10.1. The van der Waals surface area contributed by atoms with Crippen molar-refractivity contribution in [3.05, 3.63) is 240 Å². The second kappa shape index (κ2) is 17.9. The van der Waals surface area contributed by atoms with Gasteiger partial charge in [-0.25, -0.2) is 0 Å². The molecule has 12 amide bonds. The number of fused-ring (bicyclic) bond motifs is 6. The van der Waals surface area contributed by atoms with Crippen LogP contribution in [0.1, 0.15) is 260 Å². The van der Waals surface area contributed by atoms with Crippen molar-refractivity contribution in [1.29, 1.82) is 0 Å². The summed E-state index contributed by atoms with van der Waals surface area (Å²) in [7, 11) is 0. The van der Waals surface area contributed by atoms with Crippen LogP contribution in [0, 0.1) is 74.1 Å². The van der Waals surface area contributed by atoms with Gasteiger partial charge in [-0.3, -0.25) is 86.9 Å². The lowest BCUT2D eigenvalue weighted by Gasteiger charge is -2.55.